The van der Waals surface area contributed by atoms with E-state index in [-0.39, 0.29) is 11.8 Å². The van der Waals surface area contributed by atoms with Gasteiger partial charge in [0, 0.05) is 12.2 Å². The van der Waals surface area contributed by atoms with Gasteiger partial charge in [-0.1, -0.05) is 36.4 Å². The van der Waals surface area contributed by atoms with Crippen molar-refractivity contribution in [2.24, 2.45) is 5.41 Å². The lowest BCUT2D eigenvalue weighted by Gasteiger charge is -2.23. The molecule has 0 heterocycles. The van der Waals surface area contributed by atoms with Gasteiger partial charge in [-0.15, -0.1) is 0 Å². The Hall–Kier alpha value is -2.62. The Bertz CT molecular complexity index is 737. The van der Waals surface area contributed by atoms with Crippen molar-refractivity contribution < 1.29 is 9.59 Å². The van der Waals surface area contributed by atoms with Gasteiger partial charge in [-0.2, -0.15) is 0 Å². The van der Waals surface area contributed by atoms with E-state index in [4.69, 9.17) is 0 Å². The predicted molar refractivity (Wildman–Crippen MR) is 96.6 cm³/mol. The summed E-state index contributed by atoms with van der Waals surface area (Å²) in [5, 5.41) is 5.66. The monoisotopic (exact) mass is 324 g/mol. The first-order chi connectivity index (χ1) is 11.3. The molecular formula is C20H24N2O2. The largest absolute Gasteiger partial charge is 0.351 e. The Balaban J connectivity index is 2.00. The molecule has 0 fully saturated rings. The molecule has 0 unspecified atom stereocenters. The third kappa shape index (κ3) is 4.22. The van der Waals surface area contributed by atoms with E-state index in [1.165, 1.54) is 0 Å². The minimum absolute atomic E-state index is 0.298. The van der Waals surface area contributed by atoms with Crippen molar-refractivity contribution in [2.75, 3.05) is 5.32 Å². The van der Waals surface area contributed by atoms with Crippen LogP contribution in [0.4, 0.5) is 5.69 Å². The zero-order chi connectivity index (χ0) is 17.7. The zero-order valence-corrected chi connectivity index (χ0v) is 14.6. The molecule has 0 radical (unpaired) electrons. The maximum atomic E-state index is 12.5. The molecule has 2 N–H and O–H groups in total. The minimum Gasteiger partial charge on any atom is -0.351 e. The van der Waals surface area contributed by atoms with Gasteiger partial charge < -0.3 is 10.6 Å². The summed E-state index contributed by atoms with van der Waals surface area (Å²) in [6.45, 7) is 7.66. The van der Waals surface area contributed by atoms with Crippen LogP contribution in [0.15, 0.2) is 48.5 Å². The van der Waals surface area contributed by atoms with Crippen LogP contribution in [0.25, 0.3) is 0 Å². The summed E-state index contributed by atoms with van der Waals surface area (Å²) in [7, 11) is 0. The fourth-order valence-electron chi connectivity index (χ4n) is 2.21. The topological polar surface area (TPSA) is 58.2 Å². The van der Waals surface area contributed by atoms with E-state index < -0.39 is 5.41 Å². The molecule has 2 rings (SSSR count). The molecule has 0 atom stereocenters. The van der Waals surface area contributed by atoms with Gasteiger partial charge in [0.05, 0.1) is 0 Å². The summed E-state index contributed by atoms with van der Waals surface area (Å²) in [5.74, 6) is -0.621. The Labute approximate surface area is 143 Å². The van der Waals surface area contributed by atoms with Crippen LogP contribution < -0.4 is 10.6 Å². The van der Waals surface area contributed by atoms with Crippen molar-refractivity contribution in [3.63, 3.8) is 0 Å². The predicted octanol–water partition coefficient (Wildman–Crippen LogP) is 3.58. The summed E-state index contributed by atoms with van der Waals surface area (Å²) in [5.41, 5.74) is 2.79. The lowest BCUT2D eigenvalue weighted by molar-refractivity contribution is -0.138. The molecule has 4 heteroatoms. The number of anilines is 1. The van der Waals surface area contributed by atoms with E-state index in [2.05, 4.69) is 10.6 Å². The molecule has 126 valence electrons. The van der Waals surface area contributed by atoms with E-state index in [1.807, 2.05) is 62.4 Å². The minimum atomic E-state index is -1.16. The summed E-state index contributed by atoms with van der Waals surface area (Å²) in [4.78, 5) is 24.9. The van der Waals surface area contributed by atoms with Crippen molar-refractivity contribution in [1.29, 1.82) is 0 Å². The van der Waals surface area contributed by atoms with Gasteiger partial charge in [0.25, 0.3) is 0 Å². The second kappa shape index (κ2) is 7.30. The smallest absolute Gasteiger partial charge is 0.239 e. The van der Waals surface area contributed by atoms with Crippen LogP contribution in [0.1, 0.15) is 30.5 Å². The lowest BCUT2D eigenvalue weighted by Crippen LogP contribution is -2.44. The molecule has 0 aliphatic rings. The fourth-order valence-corrected chi connectivity index (χ4v) is 2.21. The third-order valence-corrected chi connectivity index (χ3v) is 4.20. The van der Waals surface area contributed by atoms with Gasteiger partial charge in [0.2, 0.25) is 11.8 Å². The number of benzene rings is 2. The highest BCUT2D eigenvalue weighted by Gasteiger charge is 2.35. The van der Waals surface area contributed by atoms with Crippen LogP contribution >= 0.6 is 0 Å². The first-order valence-electron chi connectivity index (χ1n) is 8.01. The van der Waals surface area contributed by atoms with E-state index >= 15 is 0 Å². The fraction of sp³-hybridized carbons (Fsp3) is 0.300. The standard InChI is InChI=1S/C20H24N2O2/c1-14-10-11-17(12-15(14)2)22-19(24)20(3,4)18(23)21-13-16-8-6-5-7-9-16/h5-12H,13H2,1-4H3,(H,21,23)(H,22,24). The van der Waals surface area contributed by atoms with Gasteiger partial charge in [0.15, 0.2) is 0 Å². The average molecular weight is 324 g/mol. The highest BCUT2D eigenvalue weighted by atomic mass is 16.2. The second-order valence-corrected chi connectivity index (χ2v) is 6.55. The van der Waals surface area contributed by atoms with Crippen LogP contribution in [0.3, 0.4) is 0 Å². The molecule has 0 aromatic heterocycles. The quantitative estimate of drug-likeness (QED) is 0.826. The molecule has 2 aromatic carbocycles. The molecule has 0 saturated heterocycles. The molecule has 0 saturated carbocycles. The summed E-state index contributed by atoms with van der Waals surface area (Å²) < 4.78 is 0. The maximum Gasteiger partial charge on any atom is 0.239 e. The van der Waals surface area contributed by atoms with Crippen LogP contribution in [-0.2, 0) is 16.1 Å². The second-order valence-electron chi connectivity index (χ2n) is 6.55. The van der Waals surface area contributed by atoms with Gasteiger partial charge in [0.1, 0.15) is 5.41 Å². The van der Waals surface area contributed by atoms with Crippen molar-refractivity contribution in [3.8, 4) is 0 Å². The molecule has 4 nitrogen and oxygen atoms in total. The summed E-state index contributed by atoms with van der Waals surface area (Å²) >= 11 is 0. The van der Waals surface area contributed by atoms with E-state index in [9.17, 15) is 9.59 Å². The highest BCUT2D eigenvalue weighted by Crippen LogP contribution is 2.21. The number of aryl methyl sites for hydroxylation is 2. The van der Waals surface area contributed by atoms with Crippen LogP contribution in [0, 0.1) is 19.3 Å². The molecule has 0 aliphatic heterocycles. The van der Waals surface area contributed by atoms with E-state index in [0.717, 1.165) is 16.7 Å². The number of hydrogen-bond donors (Lipinski definition) is 2. The van der Waals surface area contributed by atoms with Crippen molar-refractivity contribution in [2.45, 2.75) is 34.2 Å². The third-order valence-electron chi connectivity index (χ3n) is 4.20. The highest BCUT2D eigenvalue weighted by molar-refractivity contribution is 6.09. The number of rotatable bonds is 5. The SMILES string of the molecule is Cc1ccc(NC(=O)C(C)(C)C(=O)NCc2ccccc2)cc1C. The first kappa shape index (κ1) is 17.7. The Morgan fingerprint density at radius 2 is 1.58 bits per heavy atom. The number of nitrogens with one attached hydrogen (secondary N) is 2. The number of carbonyl (C=O) groups excluding carboxylic acids is 2. The molecular weight excluding hydrogens is 300 g/mol. The van der Waals surface area contributed by atoms with Crippen molar-refractivity contribution in [3.05, 3.63) is 65.2 Å². The molecule has 2 amide bonds. The van der Waals surface area contributed by atoms with Gasteiger partial charge in [-0.25, -0.2) is 0 Å². The Morgan fingerprint density at radius 1 is 0.917 bits per heavy atom. The van der Waals surface area contributed by atoms with Gasteiger partial charge in [-0.05, 0) is 56.5 Å². The number of carbonyl (C=O) groups is 2. The summed E-state index contributed by atoms with van der Waals surface area (Å²) in [6, 6.07) is 15.3. The number of amides is 2. The number of hydrogen-bond acceptors (Lipinski definition) is 2. The lowest BCUT2D eigenvalue weighted by atomic mass is 9.90. The molecule has 0 bridgehead atoms. The Morgan fingerprint density at radius 3 is 2.21 bits per heavy atom. The van der Waals surface area contributed by atoms with Gasteiger partial charge in [-0.3, -0.25) is 9.59 Å². The normalized spacial score (nSPS) is 11.0. The zero-order valence-electron chi connectivity index (χ0n) is 14.6. The average Bonchev–Trinajstić information content (AvgIpc) is 2.56. The van der Waals surface area contributed by atoms with Crippen LogP contribution in [0.5, 0.6) is 0 Å². The van der Waals surface area contributed by atoms with Crippen LogP contribution in [0.2, 0.25) is 0 Å². The van der Waals surface area contributed by atoms with E-state index in [1.54, 1.807) is 13.8 Å². The van der Waals surface area contributed by atoms with Gasteiger partial charge >= 0.3 is 0 Å². The molecule has 0 spiro atoms. The van der Waals surface area contributed by atoms with Crippen molar-refractivity contribution >= 4 is 17.5 Å². The Kier molecular flexibility index (Phi) is 5.39. The molecule has 24 heavy (non-hydrogen) atoms. The molecule has 0 aliphatic carbocycles. The van der Waals surface area contributed by atoms with E-state index in [0.29, 0.717) is 12.2 Å². The maximum absolute atomic E-state index is 12.5. The van der Waals surface area contributed by atoms with Crippen LogP contribution in [-0.4, -0.2) is 11.8 Å². The molecule has 2 aromatic rings. The first-order valence-corrected chi connectivity index (χ1v) is 8.01. The summed E-state index contributed by atoms with van der Waals surface area (Å²) in [6.07, 6.45) is 0. The van der Waals surface area contributed by atoms with Crippen molar-refractivity contribution in [1.82, 2.24) is 5.32 Å².